The van der Waals surface area contributed by atoms with Crippen molar-refractivity contribution < 1.29 is 14.9 Å². The zero-order valence-corrected chi connectivity index (χ0v) is 8.08. The SMILES string of the molecule is O=C(O)c1ccc(S)c2[nH+]cccc12. The van der Waals surface area contributed by atoms with E-state index in [0.29, 0.717) is 5.39 Å². The van der Waals surface area contributed by atoms with Crippen molar-refractivity contribution in [3.8, 4) is 0 Å². The van der Waals surface area contributed by atoms with Crippen molar-refractivity contribution in [1.82, 2.24) is 0 Å². The molecule has 0 atom stereocenters. The smallest absolute Gasteiger partial charge is 0.336 e. The molecule has 3 nitrogen and oxygen atoms in total. The Morgan fingerprint density at radius 2 is 2.14 bits per heavy atom. The van der Waals surface area contributed by atoms with Gasteiger partial charge in [0.25, 0.3) is 0 Å². The first-order valence-corrected chi connectivity index (χ1v) is 4.50. The van der Waals surface area contributed by atoms with Crippen molar-refractivity contribution in [2.45, 2.75) is 4.90 Å². The summed E-state index contributed by atoms with van der Waals surface area (Å²) in [6.07, 6.45) is 1.74. The van der Waals surface area contributed by atoms with Gasteiger partial charge in [0, 0.05) is 6.07 Å². The molecule has 1 aromatic carbocycles. The predicted octanol–water partition coefficient (Wildman–Crippen LogP) is 1.64. The van der Waals surface area contributed by atoms with Crippen LogP contribution in [0.2, 0.25) is 0 Å². The van der Waals surface area contributed by atoms with E-state index in [-0.39, 0.29) is 5.56 Å². The molecule has 2 aromatic rings. The zero-order valence-electron chi connectivity index (χ0n) is 7.19. The number of nitrogens with one attached hydrogen (secondary N) is 1. The van der Waals surface area contributed by atoms with Gasteiger partial charge >= 0.3 is 5.97 Å². The summed E-state index contributed by atoms with van der Waals surface area (Å²) in [5.41, 5.74) is 1.03. The van der Waals surface area contributed by atoms with Gasteiger partial charge in [0.1, 0.15) is 0 Å². The van der Waals surface area contributed by atoms with Crippen LogP contribution >= 0.6 is 12.6 Å². The molecule has 0 amide bonds. The van der Waals surface area contributed by atoms with Crippen molar-refractivity contribution in [3.05, 3.63) is 36.0 Å². The van der Waals surface area contributed by atoms with Gasteiger partial charge in [0.2, 0.25) is 5.52 Å². The van der Waals surface area contributed by atoms with E-state index in [0.717, 1.165) is 10.4 Å². The molecule has 0 saturated carbocycles. The highest BCUT2D eigenvalue weighted by Gasteiger charge is 2.13. The number of hydrogen-bond donors (Lipinski definition) is 2. The fourth-order valence-electron chi connectivity index (χ4n) is 1.40. The Morgan fingerprint density at radius 1 is 1.36 bits per heavy atom. The molecule has 0 aliphatic carbocycles. The van der Waals surface area contributed by atoms with Crippen LogP contribution in [0.5, 0.6) is 0 Å². The summed E-state index contributed by atoms with van der Waals surface area (Å²) < 4.78 is 0. The summed E-state index contributed by atoms with van der Waals surface area (Å²) >= 11 is 4.24. The number of carboxylic acid groups (broad SMARTS) is 1. The van der Waals surface area contributed by atoms with Gasteiger partial charge in [-0.3, -0.25) is 0 Å². The molecule has 70 valence electrons. The van der Waals surface area contributed by atoms with Gasteiger partial charge in [-0.25, -0.2) is 9.78 Å². The maximum Gasteiger partial charge on any atom is 0.336 e. The highest BCUT2D eigenvalue weighted by atomic mass is 32.1. The molecule has 0 bridgehead atoms. The number of thiol groups is 1. The van der Waals surface area contributed by atoms with E-state index in [1.54, 1.807) is 30.5 Å². The molecule has 0 fully saturated rings. The molecule has 0 unspecified atom stereocenters. The second-order valence-corrected chi connectivity index (χ2v) is 3.38. The molecule has 0 spiro atoms. The Hall–Kier alpha value is -1.55. The fourth-order valence-corrected chi connectivity index (χ4v) is 1.65. The Morgan fingerprint density at radius 3 is 2.86 bits per heavy atom. The van der Waals surface area contributed by atoms with E-state index in [2.05, 4.69) is 17.6 Å². The van der Waals surface area contributed by atoms with Gasteiger partial charge < -0.3 is 5.11 Å². The maximum absolute atomic E-state index is 10.9. The lowest BCUT2D eigenvalue weighted by Gasteiger charge is -1.99. The number of carbonyl (C=O) groups is 1. The highest BCUT2D eigenvalue weighted by molar-refractivity contribution is 7.80. The fraction of sp³-hybridized carbons (Fsp3) is 0. The molecule has 0 radical (unpaired) electrons. The number of fused-ring (bicyclic) bond motifs is 1. The number of aromatic amines is 1. The van der Waals surface area contributed by atoms with Crippen LogP contribution in [0.3, 0.4) is 0 Å². The average Bonchev–Trinajstić information content (AvgIpc) is 2.18. The van der Waals surface area contributed by atoms with Gasteiger partial charge in [-0.1, -0.05) is 0 Å². The van der Waals surface area contributed by atoms with Crippen LogP contribution in [0.4, 0.5) is 0 Å². The van der Waals surface area contributed by atoms with E-state index in [1.165, 1.54) is 0 Å². The lowest BCUT2D eigenvalue weighted by Crippen LogP contribution is -2.06. The lowest BCUT2D eigenvalue weighted by atomic mass is 10.1. The minimum atomic E-state index is -0.928. The molecule has 1 heterocycles. The average molecular weight is 206 g/mol. The predicted molar refractivity (Wildman–Crippen MR) is 54.7 cm³/mol. The van der Waals surface area contributed by atoms with Crippen LogP contribution in [-0.2, 0) is 0 Å². The van der Waals surface area contributed by atoms with Crippen LogP contribution in [-0.4, -0.2) is 11.1 Å². The Bertz CT molecular complexity index is 510. The third kappa shape index (κ3) is 1.33. The number of aromatic carboxylic acids is 1. The molecule has 1 aromatic heterocycles. The molecule has 4 heteroatoms. The maximum atomic E-state index is 10.9. The number of carboxylic acids is 1. The molecule has 0 saturated heterocycles. The normalized spacial score (nSPS) is 10.4. The topological polar surface area (TPSA) is 51.4 Å². The van der Waals surface area contributed by atoms with Crippen molar-refractivity contribution in [3.63, 3.8) is 0 Å². The molecule has 0 aliphatic heterocycles. The molecule has 2 N–H and O–H groups in total. The van der Waals surface area contributed by atoms with Gasteiger partial charge in [-0.2, -0.15) is 0 Å². The van der Waals surface area contributed by atoms with Gasteiger partial charge in [-0.15, -0.1) is 12.6 Å². The largest absolute Gasteiger partial charge is 0.478 e. The van der Waals surface area contributed by atoms with Crippen LogP contribution in [0.1, 0.15) is 10.4 Å². The third-order valence-corrected chi connectivity index (χ3v) is 2.41. The number of benzene rings is 1. The van der Waals surface area contributed by atoms with E-state index in [9.17, 15) is 4.79 Å². The number of aromatic nitrogens is 1. The second-order valence-electron chi connectivity index (χ2n) is 2.90. The summed E-state index contributed by atoms with van der Waals surface area (Å²) in [5.74, 6) is -0.928. The van der Waals surface area contributed by atoms with Gasteiger partial charge in [0.15, 0.2) is 6.20 Å². The number of pyridine rings is 1. The summed E-state index contributed by atoms with van der Waals surface area (Å²) in [6, 6.07) is 6.75. The number of rotatable bonds is 1. The van der Waals surface area contributed by atoms with Crippen molar-refractivity contribution >= 4 is 29.5 Å². The van der Waals surface area contributed by atoms with Gasteiger partial charge in [0.05, 0.1) is 15.8 Å². The van der Waals surface area contributed by atoms with Crippen LogP contribution < -0.4 is 4.98 Å². The van der Waals surface area contributed by atoms with E-state index < -0.39 is 5.97 Å². The van der Waals surface area contributed by atoms with E-state index in [1.807, 2.05) is 0 Å². The molecular weight excluding hydrogens is 198 g/mol. The van der Waals surface area contributed by atoms with Crippen LogP contribution in [0, 0.1) is 0 Å². The molecule has 0 aliphatic rings. The first-order valence-electron chi connectivity index (χ1n) is 4.06. The van der Waals surface area contributed by atoms with Crippen LogP contribution in [0.15, 0.2) is 35.4 Å². The summed E-state index contributed by atoms with van der Waals surface area (Å²) in [5, 5.41) is 9.61. The minimum absolute atomic E-state index is 0.287. The van der Waals surface area contributed by atoms with E-state index >= 15 is 0 Å². The monoisotopic (exact) mass is 206 g/mol. The highest BCUT2D eigenvalue weighted by Crippen LogP contribution is 2.21. The van der Waals surface area contributed by atoms with Gasteiger partial charge in [-0.05, 0) is 18.2 Å². The molecular formula is C10H8NO2S+. The Labute approximate surface area is 85.8 Å². The first kappa shape index (κ1) is 9.02. The van der Waals surface area contributed by atoms with Crippen molar-refractivity contribution in [2.24, 2.45) is 0 Å². The van der Waals surface area contributed by atoms with E-state index in [4.69, 9.17) is 5.11 Å². The summed E-state index contributed by atoms with van der Waals surface area (Å²) in [6.45, 7) is 0. The number of H-pyrrole nitrogens is 1. The third-order valence-electron chi connectivity index (χ3n) is 2.04. The number of hydrogen-bond acceptors (Lipinski definition) is 2. The Balaban J connectivity index is 2.88. The standard InChI is InChI=1S/C10H7NO2S/c12-10(13)7-3-4-8(14)9-6(7)2-1-5-11-9/h1-5,14H,(H,12,13)/p+1. The first-order chi connectivity index (χ1) is 6.70. The second kappa shape index (κ2) is 3.31. The summed E-state index contributed by atoms with van der Waals surface area (Å²) in [7, 11) is 0. The minimum Gasteiger partial charge on any atom is -0.478 e. The summed E-state index contributed by atoms with van der Waals surface area (Å²) in [4.78, 5) is 14.6. The molecule has 14 heavy (non-hydrogen) atoms. The van der Waals surface area contributed by atoms with Crippen molar-refractivity contribution in [1.29, 1.82) is 0 Å². The van der Waals surface area contributed by atoms with Crippen LogP contribution in [0.25, 0.3) is 10.9 Å². The van der Waals surface area contributed by atoms with Crippen molar-refractivity contribution in [2.75, 3.05) is 0 Å². The zero-order chi connectivity index (χ0) is 10.1. The lowest BCUT2D eigenvalue weighted by molar-refractivity contribution is -0.346. The Kier molecular flexibility index (Phi) is 2.13. The quantitative estimate of drug-likeness (QED) is 0.697. The molecule has 2 rings (SSSR count).